The van der Waals surface area contributed by atoms with Gasteiger partial charge in [0.05, 0.1) is 13.7 Å². The van der Waals surface area contributed by atoms with E-state index in [1.807, 2.05) is 48.5 Å². The summed E-state index contributed by atoms with van der Waals surface area (Å²) in [5.41, 5.74) is 7.37. The van der Waals surface area contributed by atoms with Crippen molar-refractivity contribution >= 4 is 0 Å². The van der Waals surface area contributed by atoms with E-state index in [2.05, 4.69) is 11.8 Å². The normalized spacial score (nSPS) is 9.50. The maximum Gasteiger partial charge on any atom is 0.161 e. The van der Waals surface area contributed by atoms with Crippen LogP contribution in [0.3, 0.4) is 0 Å². The number of hydrogen-bond donors (Lipinski definition) is 1. The molecule has 2 aromatic carbocycles. The highest BCUT2D eigenvalue weighted by Crippen LogP contribution is 2.26. The van der Waals surface area contributed by atoms with Crippen molar-refractivity contribution in [3.05, 3.63) is 59.7 Å². The SMILES string of the molecule is COc1ccccc1OCc1cccc(C#CCN)c1. The van der Waals surface area contributed by atoms with E-state index in [-0.39, 0.29) is 0 Å². The Bertz CT molecular complexity index is 626. The summed E-state index contributed by atoms with van der Waals surface area (Å²) < 4.78 is 11.0. The number of ether oxygens (including phenoxy) is 2. The molecule has 2 N–H and O–H groups in total. The van der Waals surface area contributed by atoms with Crippen molar-refractivity contribution < 1.29 is 9.47 Å². The van der Waals surface area contributed by atoms with E-state index in [1.165, 1.54) is 0 Å². The Labute approximate surface area is 119 Å². The van der Waals surface area contributed by atoms with E-state index in [4.69, 9.17) is 15.2 Å². The maximum atomic E-state index is 5.78. The van der Waals surface area contributed by atoms with Gasteiger partial charge < -0.3 is 15.2 Å². The van der Waals surface area contributed by atoms with E-state index in [9.17, 15) is 0 Å². The topological polar surface area (TPSA) is 44.5 Å². The molecule has 0 aliphatic heterocycles. The molecule has 2 aromatic rings. The summed E-state index contributed by atoms with van der Waals surface area (Å²) in [6.45, 7) is 0.834. The zero-order valence-corrected chi connectivity index (χ0v) is 11.4. The van der Waals surface area contributed by atoms with Crippen LogP contribution in [0.2, 0.25) is 0 Å². The van der Waals surface area contributed by atoms with Gasteiger partial charge >= 0.3 is 0 Å². The Morgan fingerprint density at radius 2 is 1.85 bits per heavy atom. The molecule has 0 aliphatic rings. The Balaban J connectivity index is 2.07. The van der Waals surface area contributed by atoms with Gasteiger partial charge in [0.2, 0.25) is 0 Å². The van der Waals surface area contributed by atoms with Gasteiger partial charge in [0.15, 0.2) is 11.5 Å². The molecule has 0 amide bonds. The minimum atomic E-state index is 0.363. The lowest BCUT2D eigenvalue weighted by Gasteiger charge is -2.10. The van der Waals surface area contributed by atoms with Gasteiger partial charge in [-0.2, -0.15) is 0 Å². The number of hydrogen-bond acceptors (Lipinski definition) is 3. The van der Waals surface area contributed by atoms with Crippen LogP contribution in [0, 0.1) is 11.8 Å². The number of para-hydroxylation sites is 2. The van der Waals surface area contributed by atoms with Gasteiger partial charge in [0, 0.05) is 5.56 Å². The van der Waals surface area contributed by atoms with Crippen molar-refractivity contribution in [2.45, 2.75) is 6.61 Å². The van der Waals surface area contributed by atoms with Crippen LogP contribution in [0.4, 0.5) is 0 Å². The lowest BCUT2D eigenvalue weighted by molar-refractivity contribution is 0.284. The lowest BCUT2D eigenvalue weighted by atomic mass is 10.1. The largest absolute Gasteiger partial charge is 0.493 e. The zero-order chi connectivity index (χ0) is 14.2. The summed E-state index contributed by atoms with van der Waals surface area (Å²) in [7, 11) is 1.63. The molecule has 0 spiro atoms. The quantitative estimate of drug-likeness (QED) is 0.866. The van der Waals surface area contributed by atoms with Crippen LogP contribution in [0.15, 0.2) is 48.5 Å². The zero-order valence-electron chi connectivity index (χ0n) is 11.4. The number of rotatable bonds is 4. The van der Waals surface area contributed by atoms with Crippen LogP contribution in [0.5, 0.6) is 11.5 Å². The lowest BCUT2D eigenvalue weighted by Crippen LogP contribution is -1.98. The van der Waals surface area contributed by atoms with Crippen LogP contribution in [0.25, 0.3) is 0 Å². The molecule has 0 bridgehead atoms. The fourth-order valence-electron chi connectivity index (χ4n) is 1.79. The number of benzene rings is 2. The fourth-order valence-corrected chi connectivity index (χ4v) is 1.79. The predicted molar refractivity (Wildman–Crippen MR) is 79.7 cm³/mol. The molecule has 0 fully saturated rings. The minimum absolute atomic E-state index is 0.363. The highest BCUT2D eigenvalue weighted by Gasteiger charge is 2.03. The molecule has 0 saturated carbocycles. The highest BCUT2D eigenvalue weighted by atomic mass is 16.5. The molecule has 0 saturated heterocycles. The molecule has 0 aliphatic carbocycles. The molecule has 0 heterocycles. The van der Waals surface area contributed by atoms with E-state index in [0.717, 1.165) is 22.6 Å². The first kappa shape index (κ1) is 14.0. The first-order valence-corrected chi connectivity index (χ1v) is 6.37. The number of methoxy groups -OCH3 is 1. The predicted octanol–water partition coefficient (Wildman–Crippen LogP) is 2.58. The molecule has 0 atom stereocenters. The van der Waals surface area contributed by atoms with Crippen LogP contribution in [-0.2, 0) is 6.61 Å². The molecule has 102 valence electrons. The molecule has 3 nitrogen and oxygen atoms in total. The summed E-state index contributed by atoms with van der Waals surface area (Å²) in [5.74, 6) is 7.31. The molecule has 0 radical (unpaired) electrons. The molecular formula is C17H17NO2. The van der Waals surface area contributed by atoms with Crippen molar-refractivity contribution in [3.63, 3.8) is 0 Å². The minimum Gasteiger partial charge on any atom is -0.493 e. The van der Waals surface area contributed by atoms with Crippen LogP contribution >= 0.6 is 0 Å². The first-order valence-electron chi connectivity index (χ1n) is 6.37. The Morgan fingerprint density at radius 1 is 1.05 bits per heavy atom. The molecular weight excluding hydrogens is 250 g/mol. The Kier molecular flexibility index (Phi) is 5.05. The van der Waals surface area contributed by atoms with Gasteiger partial charge in [-0.15, -0.1) is 0 Å². The van der Waals surface area contributed by atoms with Crippen molar-refractivity contribution in [2.75, 3.05) is 13.7 Å². The third-order valence-corrected chi connectivity index (χ3v) is 2.73. The van der Waals surface area contributed by atoms with Gasteiger partial charge in [0.1, 0.15) is 6.61 Å². The summed E-state index contributed by atoms with van der Waals surface area (Å²) in [5, 5.41) is 0. The summed E-state index contributed by atoms with van der Waals surface area (Å²) in [6.07, 6.45) is 0. The average Bonchev–Trinajstić information content (AvgIpc) is 2.51. The molecule has 2 rings (SSSR count). The summed E-state index contributed by atoms with van der Waals surface area (Å²) in [4.78, 5) is 0. The van der Waals surface area contributed by atoms with Crippen LogP contribution in [0.1, 0.15) is 11.1 Å². The molecule has 0 aromatic heterocycles. The summed E-state index contributed by atoms with van der Waals surface area (Å²) in [6, 6.07) is 15.5. The van der Waals surface area contributed by atoms with Crippen molar-refractivity contribution in [2.24, 2.45) is 5.73 Å². The van der Waals surface area contributed by atoms with Gasteiger partial charge in [0.25, 0.3) is 0 Å². The van der Waals surface area contributed by atoms with Gasteiger partial charge in [-0.25, -0.2) is 0 Å². The first-order chi connectivity index (χ1) is 9.83. The standard InChI is InChI=1S/C17H17NO2/c1-19-16-9-2-3-10-17(16)20-13-15-7-4-6-14(12-15)8-5-11-18/h2-4,6-7,9-10,12H,11,13,18H2,1H3. The van der Waals surface area contributed by atoms with Crippen molar-refractivity contribution in [1.29, 1.82) is 0 Å². The fraction of sp³-hybridized carbons (Fsp3) is 0.176. The van der Waals surface area contributed by atoms with Crippen LogP contribution < -0.4 is 15.2 Å². The third-order valence-electron chi connectivity index (χ3n) is 2.73. The molecule has 0 unspecified atom stereocenters. The summed E-state index contributed by atoms with van der Waals surface area (Å²) >= 11 is 0. The van der Waals surface area contributed by atoms with E-state index >= 15 is 0 Å². The van der Waals surface area contributed by atoms with Crippen molar-refractivity contribution in [1.82, 2.24) is 0 Å². The van der Waals surface area contributed by atoms with E-state index in [1.54, 1.807) is 7.11 Å². The smallest absolute Gasteiger partial charge is 0.161 e. The van der Waals surface area contributed by atoms with Gasteiger partial charge in [-0.3, -0.25) is 0 Å². The molecule has 3 heteroatoms. The second kappa shape index (κ2) is 7.22. The van der Waals surface area contributed by atoms with Gasteiger partial charge in [-0.05, 0) is 29.8 Å². The monoisotopic (exact) mass is 267 g/mol. The maximum absolute atomic E-state index is 5.78. The van der Waals surface area contributed by atoms with E-state index in [0.29, 0.717) is 13.2 Å². The second-order valence-electron chi connectivity index (χ2n) is 4.15. The van der Waals surface area contributed by atoms with Crippen molar-refractivity contribution in [3.8, 4) is 23.3 Å². The third kappa shape index (κ3) is 3.78. The highest BCUT2D eigenvalue weighted by molar-refractivity contribution is 5.40. The Morgan fingerprint density at radius 3 is 2.60 bits per heavy atom. The Hall–Kier alpha value is -2.44. The number of nitrogens with two attached hydrogens (primary N) is 1. The van der Waals surface area contributed by atoms with E-state index < -0.39 is 0 Å². The van der Waals surface area contributed by atoms with Crippen LogP contribution in [-0.4, -0.2) is 13.7 Å². The second-order valence-corrected chi connectivity index (χ2v) is 4.15. The molecule has 20 heavy (non-hydrogen) atoms. The average molecular weight is 267 g/mol. The van der Waals surface area contributed by atoms with Gasteiger partial charge in [-0.1, -0.05) is 36.1 Å².